The van der Waals surface area contributed by atoms with E-state index in [1.165, 1.54) is 12.1 Å². The summed E-state index contributed by atoms with van der Waals surface area (Å²) in [5.74, 6) is 1.86. The lowest BCUT2D eigenvalue weighted by molar-refractivity contribution is 0.463. The van der Waals surface area contributed by atoms with Crippen LogP contribution in [0.15, 0.2) is 45.9 Å². The number of aliphatic imine (C=N–C) groups is 1. The van der Waals surface area contributed by atoms with Crippen LogP contribution in [0.1, 0.15) is 23.0 Å². The van der Waals surface area contributed by atoms with Gasteiger partial charge >= 0.3 is 0 Å². The minimum Gasteiger partial charge on any atom is -0.444 e. The summed E-state index contributed by atoms with van der Waals surface area (Å²) in [6.07, 6.45) is 2.59. The zero-order chi connectivity index (χ0) is 19.2. The second-order valence-corrected chi connectivity index (χ2v) is 6.08. The Balaban J connectivity index is 0.00000280. The molecule has 150 valence electrons. The van der Waals surface area contributed by atoms with E-state index in [4.69, 9.17) is 4.42 Å². The maximum absolute atomic E-state index is 13.0. The maximum Gasteiger partial charge on any atom is 0.214 e. The fourth-order valence-corrected chi connectivity index (χ4v) is 2.54. The summed E-state index contributed by atoms with van der Waals surface area (Å²) in [6, 6.07) is 8.18. The van der Waals surface area contributed by atoms with Crippen molar-refractivity contribution in [3.8, 4) is 5.69 Å². The van der Waals surface area contributed by atoms with Crippen molar-refractivity contribution >= 4 is 29.9 Å². The lowest BCUT2D eigenvalue weighted by Gasteiger charge is -2.09. The highest BCUT2D eigenvalue weighted by molar-refractivity contribution is 14.0. The average Bonchev–Trinajstić information content (AvgIpc) is 3.25. The van der Waals surface area contributed by atoms with Crippen LogP contribution in [0.25, 0.3) is 5.69 Å². The number of guanidine groups is 1. The first-order valence-corrected chi connectivity index (χ1v) is 8.73. The van der Waals surface area contributed by atoms with E-state index in [2.05, 4.69) is 25.7 Å². The van der Waals surface area contributed by atoms with Gasteiger partial charge in [-0.05, 0) is 44.2 Å². The summed E-state index contributed by atoms with van der Waals surface area (Å²) < 4.78 is 20.3. The molecule has 0 radical (unpaired) electrons. The summed E-state index contributed by atoms with van der Waals surface area (Å²) in [7, 11) is 1.71. The smallest absolute Gasteiger partial charge is 0.214 e. The van der Waals surface area contributed by atoms with Crippen molar-refractivity contribution < 1.29 is 8.81 Å². The summed E-state index contributed by atoms with van der Waals surface area (Å²) in [5.41, 5.74) is 2.65. The minimum atomic E-state index is -0.260. The van der Waals surface area contributed by atoms with Crippen LogP contribution in [-0.4, -0.2) is 34.3 Å². The van der Waals surface area contributed by atoms with E-state index in [-0.39, 0.29) is 29.8 Å². The van der Waals surface area contributed by atoms with Crippen LogP contribution >= 0.6 is 24.0 Å². The Morgan fingerprint density at radius 2 is 1.93 bits per heavy atom. The van der Waals surface area contributed by atoms with Gasteiger partial charge in [0.05, 0.1) is 23.6 Å². The van der Waals surface area contributed by atoms with Crippen molar-refractivity contribution in [1.82, 2.24) is 25.4 Å². The molecule has 1 aromatic carbocycles. The second kappa shape index (κ2) is 10.2. The minimum absolute atomic E-state index is 0. The molecule has 7 nitrogen and oxygen atoms in total. The Kier molecular flexibility index (Phi) is 7.97. The molecule has 0 amide bonds. The molecular formula is C19H24FIN6O. The van der Waals surface area contributed by atoms with Gasteiger partial charge in [-0.1, -0.05) is 0 Å². The van der Waals surface area contributed by atoms with Gasteiger partial charge in [0.25, 0.3) is 0 Å². The first-order valence-electron chi connectivity index (χ1n) is 8.73. The number of hydrogen-bond acceptors (Lipinski definition) is 4. The van der Waals surface area contributed by atoms with Gasteiger partial charge in [0.15, 0.2) is 5.96 Å². The average molecular weight is 498 g/mol. The van der Waals surface area contributed by atoms with Crippen LogP contribution in [-0.2, 0) is 13.0 Å². The molecule has 0 aliphatic heterocycles. The molecule has 28 heavy (non-hydrogen) atoms. The maximum atomic E-state index is 13.0. The van der Waals surface area contributed by atoms with E-state index >= 15 is 0 Å². The third-order valence-electron chi connectivity index (χ3n) is 4.11. The number of benzene rings is 1. The molecule has 3 rings (SSSR count). The highest BCUT2D eigenvalue weighted by Crippen LogP contribution is 2.09. The Labute approximate surface area is 180 Å². The number of nitrogens with one attached hydrogen (secondary N) is 2. The fraction of sp³-hybridized carbons (Fsp3) is 0.316. The van der Waals surface area contributed by atoms with Crippen molar-refractivity contribution in [2.24, 2.45) is 4.99 Å². The van der Waals surface area contributed by atoms with E-state index in [1.807, 2.05) is 26.1 Å². The molecule has 0 spiro atoms. The van der Waals surface area contributed by atoms with E-state index in [0.717, 1.165) is 29.3 Å². The van der Waals surface area contributed by atoms with Crippen molar-refractivity contribution in [3.05, 3.63) is 65.4 Å². The molecule has 2 N–H and O–H groups in total. The van der Waals surface area contributed by atoms with E-state index < -0.39 is 0 Å². The molecule has 0 fully saturated rings. The summed E-state index contributed by atoms with van der Waals surface area (Å²) >= 11 is 0. The molecule has 0 aliphatic rings. The van der Waals surface area contributed by atoms with Gasteiger partial charge in [0, 0.05) is 26.2 Å². The van der Waals surface area contributed by atoms with Crippen LogP contribution < -0.4 is 10.6 Å². The molecule has 0 saturated heterocycles. The number of halogens is 2. The van der Waals surface area contributed by atoms with Gasteiger partial charge < -0.3 is 15.1 Å². The third-order valence-corrected chi connectivity index (χ3v) is 4.11. The van der Waals surface area contributed by atoms with Crippen LogP contribution in [0, 0.1) is 19.7 Å². The Morgan fingerprint density at radius 3 is 2.57 bits per heavy atom. The Bertz CT molecular complexity index is 899. The topological polar surface area (TPSA) is 80.3 Å². The molecular weight excluding hydrogens is 474 g/mol. The number of nitrogens with zero attached hydrogens (tertiary/aromatic N) is 4. The number of rotatable bonds is 6. The van der Waals surface area contributed by atoms with E-state index in [1.54, 1.807) is 23.9 Å². The summed E-state index contributed by atoms with van der Waals surface area (Å²) in [4.78, 5) is 8.52. The summed E-state index contributed by atoms with van der Waals surface area (Å²) in [5, 5.41) is 10.9. The standard InChI is InChI=1S/C19H23FN6O.HI/c1-13-14(2)27-18(24-13)12-23-19(21-3)22-10-8-16-9-11-26(25-16)17-6-4-15(20)5-7-17;/h4-7,9,11H,8,10,12H2,1-3H3,(H2,21,22,23);1H. The quantitative estimate of drug-likeness (QED) is 0.310. The number of aryl methyl sites for hydroxylation is 2. The molecule has 0 atom stereocenters. The predicted molar refractivity (Wildman–Crippen MR) is 117 cm³/mol. The van der Waals surface area contributed by atoms with E-state index in [0.29, 0.717) is 24.9 Å². The lowest BCUT2D eigenvalue weighted by atomic mass is 10.3. The van der Waals surface area contributed by atoms with Crippen molar-refractivity contribution in [3.63, 3.8) is 0 Å². The van der Waals surface area contributed by atoms with Crippen LogP contribution in [0.4, 0.5) is 4.39 Å². The van der Waals surface area contributed by atoms with Crippen LogP contribution in [0.5, 0.6) is 0 Å². The molecule has 2 aromatic heterocycles. The SMILES string of the molecule is CN=C(NCCc1ccn(-c2ccc(F)cc2)n1)NCc1nc(C)c(C)o1.I. The molecule has 2 heterocycles. The monoisotopic (exact) mass is 498 g/mol. The highest BCUT2D eigenvalue weighted by atomic mass is 127. The van der Waals surface area contributed by atoms with Gasteiger partial charge in [-0.2, -0.15) is 5.10 Å². The van der Waals surface area contributed by atoms with Crippen molar-refractivity contribution in [1.29, 1.82) is 0 Å². The van der Waals surface area contributed by atoms with Gasteiger partial charge in [0.2, 0.25) is 5.89 Å². The van der Waals surface area contributed by atoms with Crippen LogP contribution in [0.3, 0.4) is 0 Å². The molecule has 0 unspecified atom stereocenters. The van der Waals surface area contributed by atoms with Crippen LogP contribution in [0.2, 0.25) is 0 Å². The van der Waals surface area contributed by atoms with Crippen molar-refractivity contribution in [2.75, 3.05) is 13.6 Å². The Morgan fingerprint density at radius 1 is 1.18 bits per heavy atom. The zero-order valence-electron chi connectivity index (χ0n) is 16.1. The lowest BCUT2D eigenvalue weighted by Crippen LogP contribution is -2.38. The Hall–Kier alpha value is -2.43. The largest absolute Gasteiger partial charge is 0.444 e. The number of hydrogen-bond donors (Lipinski definition) is 2. The predicted octanol–water partition coefficient (Wildman–Crippen LogP) is 3.14. The van der Waals surface area contributed by atoms with E-state index in [9.17, 15) is 4.39 Å². The molecule has 9 heteroatoms. The van der Waals surface area contributed by atoms with Gasteiger partial charge in [0.1, 0.15) is 11.6 Å². The number of aromatic nitrogens is 3. The third kappa shape index (κ3) is 5.78. The first kappa shape index (κ1) is 21.9. The number of oxazole rings is 1. The molecule has 0 aliphatic carbocycles. The van der Waals surface area contributed by atoms with Crippen molar-refractivity contribution in [2.45, 2.75) is 26.8 Å². The molecule has 3 aromatic rings. The first-order chi connectivity index (χ1) is 13.0. The van der Waals surface area contributed by atoms with Gasteiger partial charge in [-0.3, -0.25) is 4.99 Å². The summed E-state index contributed by atoms with van der Waals surface area (Å²) in [6.45, 7) is 4.95. The second-order valence-electron chi connectivity index (χ2n) is 6.08. The van der Waals surface area contributed by atoms with Gasteiger partial charge in [-0.25, -0.2) is 14.1 Å². The fourth-order valence-electron chi connectivity index (χ4n) is 2.54. The molecule has 0 bridgehead atoms. The zero-order valence-corrected chi connectivity index (χ0v) is 18.4. The molecule has 0 saturated carbocycles. The van der Waals surface area contributed by atoms with Gasteiger partial charge in [-0.15, -0.1) is 24.0 Å². The normalized spacial score (nSPS) is 11.2. The highest BCUT2D eigenvalue weighted by Gasteiger charge is 2.07.